The second-order valence-corrected chi connectivity index (χ2v) is 4.42. The summed E-state index contributed by atoms with van der Waals surface area (Å²) in [5.74, 6) is -0.289. The molecule has 7 heteroatoms. The highest BCUT2D eigenvalue weighted by atomic mass is 19.1. The monoisotopic (exact) mass is 280 g/mol. The van der Waals surface area contributed by atoms with Crippen LogP contribution in [-0.2, 0) is 15.1 Å². The molecule has 1 aliphatic heterocycles. The highest BCUT2D eigenvalue weighted by Gasteiger charge is 2.46. The Morgan fingerprint density at radius 1 is 1.50 bits per heavy atom. The number of aliphatic imine (C=N–C) groups is 1. The van der Waals surface area contributed by atoms with Gasteiger partial charge in [0.1, 0.15) is 5.82 Å². The lowest BCUT2D eigenvalue weighted by Gasteiger charge is -2.23. The molecule has 0 aliphatic carbocycles. The molecule has 2 rings (SSSR count). The minimum atomic E-state index is -1.00. The van der Waals surface area contributed by atoms with E-state index in [1.807, 2.05) is 6.92 Å². The Balaban J connectivity index is 2.25. The van der Waals surface area contributed by atoms with E-state index in [0.717, 1.165) is 6.20 Å². The number of carbonyl (C=O) groups is 1. The molecule has 0 saturated carbocycles. The number of nitrogens with zero attached hydrogens (tertiary/aromatic N) is 2. The van der Waals surface area contributed by atoms with E-state index in [1.165, 1.54) is 12.1 Å². The van der Waals surface area contributed by atoms with Crippen molar-refractivity contribution in [1.82, 2.24) is 15.6 Å². The molecule has 108 valence electrons. The predicted octanol–water partition coefficient (Wildman–Crippen LogP) is 0.548. The van der Waals surface area contributed by atoms with Crippen molar-refractivity contribution < 1.29 is 13.9 Å². The van der Waals surface area contributed by atoms with E-state index in [0.29, 0.717) is 31.2 Å². The van der Waals surface area contributed by atoms with Crippen molar-refractivity contribution in [2.75, 3.05) is 20.3 Å². The number of rotatable bonds is 5. The number of ether oxygens (including phenoxy) is 1. The van der Waals surface area contributed by atoms with Crippen molar-refractivity contribution in [3.05, 3.63) is 29.8 Å². The fourth-order valence-electron chi connectivity index (χ4n) is 2.07. The Morgan fingerprint density at radius 3 is 2.90 bits per heavy atom. The summed E-state index contributed by atoms with van der Waals surface area (Å²) in [4.78, 5) is 20.4. The van der Waals surface area contributed by atoms with Crippen LogP contribution in [0.25, 0.3) is 0 Å². The number of carbonyl (C=O) groups excluding carboxylic acids is 1. The van der Waals surface area contributed by atoms with Gasteiger partial charge in [-0.05, 0) is 18.6 Å². The maximum Gasteiger partial charge on any atom is 0.258 e. The Morgan fingerprint density at radius 2 is 2.30 bits per heavy atom. The molecule has 1 fully saturated rings. The van der Waals surface area contributed by atoms with Gasteiger partial charge in [0.25, 0.3) is 5.91 Å². The van der Waals surface area contributed by atoms with Crippen LogP contribution < -0.4 is 10.6 Å². The topological polar surface area (TPSA) is 75.6 Å². The third kappa shape index (κ3) is 2.62. The van der Waals surface area contributed by atoms with Gasteiger partial charge in [0.15, 0.2) is 11.5 Å². The van der Waals surface area contributed by atoms with Crippen LogP contribution in [0.3, 0.4) is 0 Å². The molecule has 6 nitrogen and oxygen atoms in total. The molecule has 1 aliphatic rings. The highest BCUT2D eigenvalue weighted by Crippen LogP contribution is 2.26. The molecule has 2 N–H and O–H groups in total. The lowest BCUT2D eigenvalue weighted by Crippen LogP contribution is -2.44. The number of nitrogens with one attached hydrogen (secondary N) is 2. The van der Waals surface area contributed by atoms with Gasteiger partial charge in [0.2, 0.25) is 0 Å². The zero-order chi connectivity index (χ0) is 14.6. The van der Waals surface area contributed by atoms with Gasteiger partial charge in [-0.3, -0.25) is 20.1 Å². The average molecular weight is 280 g/mol. The van der Waals surface area contributed by atoms with Gasteiger partial charge in [-0.2, -0.15) is 0 Å². The largest absolute Gasteiger partial charge is 0.383 e. The Labute approximate surface area is 116 Å². The highest BCUT2D eigenvalue weighted by molar-refractivity contribution is 6.09. The normalized spacial score (nSPS) is 23.8. The molecule has 0 aromatic carbocycles. The summed E-state index contributed by atoms with van der Waals surface area (Å²) in [5.41, 5.74) is -0.532. The molecule has 1 aromatic rings. The van der Waals surface area contributed by atoms with Crippen LogP contribution in [0.4, 0.5) is 4.39 Å². The van der Waals surface area contributed by atoms with Gasteiger partial charge >= 0.3 is 0 Å². The van der Waals surface area contributed by atoms with E-state index in [4.69, 9.17) is 4.74 Å². The maximum absolute atomic E-state index is 13.0. The summed E-state index contributed by atoms with van der Waals surface area (Å²) in [5, 5.41) is 5.73. The lowest BCUT2D eigenvalue weighted by molar-refractivity contribution is -0.124. The minimum Gasteiger partial charge on any atom is -0.383 e. The van der Waals surface area contributed by atoms with Crippen molar-refractivity contribution in [3.63, 3.8) is 0 Å². The molecule has 1 saturated heterocycles. The molecular formula is C13H17FN4O2. The molecule has 2 heterocycles. The van der Waals surface area contributed by atoms with Crippen LogP contribution in [-0.4, -0.2) is 37.1 Å². The fourth-order valence-corrected chi connectivity index (χ4v) is 2.07. The smallest absolute Gasteiger partial charge is 0.258 e. The molecule has 1 atom stereocenters. The SMILES string of the molecule is CCC1(c2ccc(F)cn2)NC(=NCCOC)NC1=O. The van der Waals surface area contributed by atoms with Crippen LogP contribution in [0.2, 0.25) is 0 Å². The zero-order valence-electron chi connectivity index (χ0n) is 11.4. The molecule has 0 radical (unpaired) electrons. The number of hydrogen-bond acceptors (Lipinski definition) is 4. The molecule has 1 unspecified atom stereocenters. The second-order valence-electron chi connectivity index (χ2n) is 4.42. The average Bonchev–Trinajstić information content (AvgIpc) is 2.77. The van der Waals surface area contributed by atoms with Gasteiger partial charge in [-0.1, -0.05) is 6.92 Å². The summed E-state index contributed by atoms with van der Waals surface area (Å²) in [6.07, 6.45) is 1.57. The molecule has 0 spiro atoms. The Kier molecular flexibility index (Phi) is 4.29. The van der Waals surface area contributed by atoms with E-state index in [-0.39, 0.29) is 5.91 Å². The van der Waals surface area contributed by atoms with Gasteiger partial charge < -0.3 is 10.1 Å². The third-order valence-corrected chi connectivity index (χ3v) is 3.21. The molecule has 1 amide bonds. The van der Waals surface area contributed by atoms with Crippen LogP contribution in [0.15, 0.2) is 23.3 Å². The minimum absolute atomic E-state index is 0.240. The lowest BCUT2D eigenvalue weighted by atomic mass is 9.92. The molecule has 0 bridgehead atoms. The molecule has 20 heavy (non-hydrogen) atoms. The first-order valence-corrected chi connectivity index (χ1v) is 6.37. The quantitative estimate of drug-likeness (QED) is 0.772. The van der Waals surface area contributed by atoms with Crippen molar-refractivity contribution in [1.29, 1.82) is 0 Å². The summed E-state index contributed by atoms with van der Waals surface area (Å²) < 4.78 is 17.9. The van der Waals surface area contributed by atoms with E-state index < -0.39 is 11.4 Å². The van der Waals surface area contributed by atoms with Crippen LogP contribution >= 0.6 is 0 Å². The van der Waals surface area contributed by atoms with Gasteiger partial charge in [0, 0.05) is 7.11 Å². The van der Waals surface area contributed by atoms with Gasteiger partial charge in [-0.25, -0.2) is 4.39 Å². The summed E-state index contributed by atoms with van der Waals surface area (Å²) in [6.45, 7) is 2.76. The molecular weight excluding hydrogens is 263 g/mol. The van der Waals surface area contributed by atoms with Crippen molar-refractivity contribution in [3.8, 4) is 0 Å². The number of hydrogen-bond donors (Lipinski definition) is 2. The van der Waals surface area contributed by atoms with Crippen molar-refractivity contribution in [2.24, 2.45) is 4.99 Å². The van der Waals surface area contributed by atoms with Gasteiger partial charge in [0.05, 0.1) is 25.0 Å². The van der Waals surface area contributed by atoms with Crippen LogP contribution in [0, 0.1) is 5.82 Å². The number of pyridine rings is 1. The first-order chi connectivity index (χ1) is 9.62. The number of methoxy groups -OCH3 is 1. The van der Waals surface area contributed by atoms with Crippen LogP contribution in [0.1, 0.15) is 19.0 Å². The summed E-state index contributed by atoms with van der Waals surface area (Å²) >= 11 is 0. The van der Waals surface area contributed by atoms with E-state index >= 15 is 0 Å². The number of halogens is 1. The van der Waals surface area contributed by atoms with Gasteiger partial charge in [-0.15, -0.1) is 0 Å². The fraction of sp³-hybridized carbons (Fsp3) is 0.462. The zero-order valence-corrected chi connectivity index (χ0v) is 11.4. The Hall–Kier alpha value is -2.02. The molecule has 1 aromatic heterocycles. The van der Waals surface area contributed by atoms with Crippen LogP contribution in [0.5, 0.6) is 0 Å². The second kappa shape index (κ2) is 5.96. The van der Waals surface area contributed by atoms with Crippen molar-refractivity contribution in [2.45, 2.75) is 18.9 Å². The van der Waals surface area contributed by atoms with E-state index in [9.17, 15) is 9.18 Å². The third-order valence-electron chi connectivity index (χ3n) is 3.21. The number of amides is 1. The maximum atomic E-state index is 13.0. The number of guanidine groups is 1. The first kappa shape index (κ1) is 14.4. The Bertz CT molecular complexity index is 518. The number of aromatic nitrogens is 1. The van der Waals surface area contributed by atoms with E-state index in [1.54, 1.807) is 7.11 Å². The first-order valence-electron chi connectivity index (χ1n) is 6.37. The van der Waals surface area contributed by atoms with Crippen molar-refractivity contribution >= 4 is 11.9 Å². The standard InChI is InChI=1S/C13H17FN4O2/c1-3-13(10-5-4-9(14)8-16-10)11(19)17-12(18-13)15-6-7-20-2/h4-5,8H,3,6-7H2,1-2H3,(H2,15,17,18,19). The summed E-state index contributed by atoms with van der Waals surface area (Å²) in [7, 11) is 1.58. The predicted molar refractivity (Wildman–Crippen MR) is 71.6 cm³/mol. The van der Waals surface area contributed by atoms with E-state index in [2.05, 4.69) is 20.6 Å². The summed E-state index contributed by atoms with van der Waals surface area (Å²) in [6, 6.07) is 2.79.